The summed E-state index contributed by atoms with van der Waals surface area (Å²) in [6.45, 7) is 8.89. The number of aliphatic carboxylic acids is 2. The summed E-state index contributed by atoms with van der Waals surface area (Å²) in [6, 6.07) is 0. The second-order valence-corrected chi connectivity index (χ2v) is 5.31. The van der Waals surface area contributed by atoms with Crippen LogP contribution in [0.4, 0.5) is 0 Å². The van der Waals surface area contributed by atoms with Gasteiger partial charge in [-0.25, -0.2) is 0 Å². The molecule has 2 amide bonds. The zero-order chi connectivity index (χ0) is 23.6. The third-order valence-corrected chi connectivity index (χ3v) is 3.31. The average molecular weight is 500 g/mol. The van der Waals surface area contributed by atoms with Crippen molar-refractivity contribution in [2.45, 2.75) is 40.5 Å². The predicted molar refractivity (Wildman–Crippen MR) is 86.5 cm³/mol. The van der Waals surface area contributed by atoms with Crippen LogP contribution in [-0.2, 0) is 54.1 Å². The summed E-state index contributed by atoms with van der Waals surface area (Å²) in [4.78, 5) is 66.2. The minimum absolute atomic E-state index is 0.468. The Bertz CT molecular complexity index is 573. The van der Waals surface area contributed by atoms with E-state index < -0.39 is 66.7 Å². The summed E-state index contributed by atoms with van der Waals surface area (Å²) in [5.74, 6) is -6.90. The van der Waals surface area contributed by atoms with Crippen LogP contribution in [0.5, 0.6) is 0 Å². The van der Waals surface area contributed by atoms with Crippen molar-refractivity contribution >= 4 is 35.3 Å². The summed E-state index contributed by atoms with van der Waals surface area (Å²) in [5, 5.41) is 20.0. The molecule has 0 radical (unpaired) electrons. The maximum absolute atomic E-state index is 11.1. The number of carboxylic acid groups (broad SMARTS) is 2. The Morgan fingerprint density at radius 1 is 0.621 bits per heavy atom. The zero-order valence-corrected chi connectivity index (χ0v) is 18.6. The Labute approximate surface area is 176 Å². The summed E-state index contributed by atoms with van der Waals surface area (Å²) in [5.41, 5.74) is 0. The van der Waals surface area contributed by atoms with Crippen molar-refractivity contribution in [2.75, 3.05) is 26.2 Å². The number of rotatable bonds is 10. The van der Waals surface area contributed by atoms with Gasteiger partial charge in [-0.3, -0.25) is 19.2 Å². The van der Waals surface area contributed by atoms with E-state index >= 15 is 0 Å². The Morgan fingerprint density at radius 2 is 0.828 bits per heavy atom. The second-order valence-electron chi connectivity index (χ2n) is 4.97. The third-order valence-electron chi connectivity index (χ3n) is 3.31. The van der Waals surface area contributed by atoms with E-state index in [0.29, 0.717) is 26.2 Å². The normalized spacial score (nSPS) is 8.69. The number of carboxylic acids is 2. The van der Waals surface area contributed by atoms with Crippen molar-refractivity contribution in [3.8, 4) is 0 Å². The molecule has 29 heavy (non-hydrogen) atoms. The molecule has 0 aliphatic rings. The Balaban J connectivity index is -0.000000410. The molecule has 164 valence electrons. The minimum atomic E-state index is -2.03. The number of ketones is 2. The van der Waals surface area contributed by atoms with Gasteiger partial charge in [-0.15, -0.1) is 0 Å². The van der Waals surface area contributed by atoms with Gasteiger partial charge in [0.1, 0.15) is 11.9 Å². The van der Waals surface area contributed by atoms with Crippen molar-refractivity contribution in [2.24, 2.45) is 0 Å². The van der Waals surface area contributed by atoms with Crippen molar-refractivity contribution in [1.82, 2.24) is 9.80 Å². The second kappa shape index (κ2) is 18.9. The first-order valence-electron chi connectivity index (χ1n) is 8.42. The summed E-state index contributed by atoms with van der Waals surface area (Å²) in [6.07, 6.45) is -1.21. The number of Topliss-reactive ketones (excluding diaryl/α,β-unsaturated/α-hetero) is 2. The van der Waals surface area contributed by atoms with Gasteiger partial charge in [0.15, 0.2) is 11.6 Å². The van der Waals surface area contributed by atoms with Gasteiger partial charge >= 0.3 is 25.3 Å². The molecule has 0 aromatic heterocycles. The Hall–Kier alpha value is -2.49. The van der Waals surface area contributed by atoms with Crippen LogP contribution >= 0.6 is 0 Å². The molecule has 0 aliphatic heterocycles. The molecule has 0 N–H and O–H groups in total. The first-order valence-corrected chi connectivity index (χ1v) is 10.1. The Morgan fingerprint density at radius 3 is 0.966 bits per heavy atom. The molecule has 0 unspecified atom stereocenters. The van der Waals surface area contributed by atoms with E-state index in [9.17, 15) is 39.0 Å². The molecule has 0 fully saturated rings. The van der Waals surface area contributed by atoms with E-state index in [1.54, 1.807) is 27.7 Å². The van der Waals surface area contributed by atoms with Gasteiger partial charge in [0.05, 0.1) is 12.8 Å². The molecular formula is C16H24MoN2O10. The molecule has 0 bridgehead atoms. The number of amides is 2. The van der Waals surface area contributed by atoms with Crippen LogP contribution in [0.25, 0.3) is 0 Å². The number of nitrogens with zero attached hydrogens (tertiary/aromatic N) is 2. The topological polar surface area (TPSA) is 189 Å². The van der Waals surface area contributed by atoms with Gasteiger partial charge < -0.3 is 29.6 Å². The number of carbonyl (C=O) groups is 6. The van der Waals surface area contributed by atoms with Crippen molar-refractivity contribution in [3.63, 3.8) is 0 Å². The molecule has 0 saturated heterocycles. The summed E-state index contributed by atoms with van der Waals surface area (Å²) >= 11 is -2.03. The van der Waals surface area contributed by atoms with Crippen LogP contribution < -0.4 is 10.2 Å². The van der Waals surface area contributed by atoms with E-state index in [1.807, 2.05) is 0 Å². The molecule has 0 spiro atoms. The first-order chi connectivity index (χ1) is 13.5. The van der Waals surface area contributed by atoms with Crippen LogP contribution in [0.2, 0.25) is 0 Å². The molecule has 0 heterocycles. The molecule has 13 heteroatoms. The van der Waals surface area contributed by atoms with Gasteiger partial charge in [-0.05, 0) is 27.7 Å². The fraction of sp³-hybridized carbons (Fsp3) is 0.625. The van der Waals surface area contributed by atoms with Gasteiger partial charge in [-0.1, -0.05) is 0 Å². The SMILES string of the molecule is CCN(CC)C(=O)CC(=O)C(=O)[O-].CCN(CC)C(=O)CC(=O)C(=O)[O-].[O]=[Mo+2]=[O]. The number of hydrogen-bond acceptors (Lipinski definition) is 10. The average Bonchev–Trinajstić information content (AvgIpc) is 2.64. The molecule has 0 aliphatic carbocycles. The van der Waals surface area contributed by atoms with Crippen molar-refractivity contribution in [1.29, 1.82) is 0 Å². The summed E-state index contributed by atoms with van der Waals surface area (Å²) in [7, 11) is 0. The van der Waals surface area contributed by atoms with Gasteiger partial charge in [0.2, 0.25) is 11.8 Å². The van der Waals surface area contributed by atoms with Crippen molar-refractivity contribution in [3.05, 3.63) is 0 Å². The number of carbonyl (C=O) groups excluding carboxylic acids is 6. The predicted octanol–water partition coefficient (Wildman–Crippen LogP) is -3.11. The third kappa shape index (κ3) is 16.2. The van der Waals surface area contributed by atoms with E-state index in [1.165, 1.54) is 9.80 Å². The molecule has 0 rings (SSSR count). The van der Waals surface area contributed by atoms with E-state index in [4.69, 9.17) is 6.80 Å². The quantitative estimate of drug-likeness (QED) is 0.169. The fourth-order valence-corrected chi connectivity index (χ4v) is 1.80. The fourth-order valence-electron chi connectivity index (χ4n) is 1.80. The molecular weight excluding hydrogens is 476 g/mol. The van der Waals surface area contributed by atoms with Crippen LogP contribution in [0.15, 0.2) is 0 Å². The molecule has 0 atom stereocenters. The Kier molecular flexibility index (Phi) is 20.3. The maximum atomic E-state index is 11.1. The van der Waals surface area contributed by atoms with E-state index in [0.717, 1.165) is 0 Å². The monoisotopic (exact) mass is 502 g/mol. The van der Waals surface area contributed by atoms with Gasteiger partial charge in [0.25, 0.3) is 0 Å². The van der Waals surface area contributed by atoms with Crippen LogP contribution in [0.1, 0.15) is 40.5 Å². The van der Waals surface area contributed by atoms with Crippen LogP contribution in [-0.4, -0.2) is 71.3 Å². The number of hydrogen-bond donors (Lipinski definition) is 0. The molecule has 12 nitrogen and oxygen atoms in total. The van der Waals surface area contributed by atoms with Gasteiger partial charge in [-0.2, -0.15) is 0 Å². The van der Waals surface area contributed by atoms with Crippen LogP contribution in [0.3, 0.4) is 0 Å². The van der Waals surface area contributed by atoms with Gasteiger partial charge in [0, 0.05) is 26.2 Å². The molecule has 0 saturated carbocycles. The van der Waals surface area contributed by atoms with E-state index in [-0.39, 0.29) is 0 Å². The van der Waals surface area contributed by atoms with Crippen molar-refractivity contribution < 1.29 is 64.3 Å². The summed E-state index contributed by atoms with van der Waals surface area (Å²) < 4.78 is 17.0. The first kappa shape index (κ1) is 31.2. The molecule has 0 aromatic carbocycles. The zero-order valence-electron chi connectivity index (χ0n) is 16.6. The standard InChI is InChI=1S/2C8H13NO4.Mo.2O/c2*1-3-9(4-2)7(11)5-6(10)8(12)13;;;/h2*3-5H2,1-2H3,(H,12,13);;;/q;;+2;;/p-2. The van der Waals surface area contributed by atoms with Crippen LogP contribution in [0, 0.1) is 0 Å². The molecule has 0 aromatic rings. The van der Waals surface area contributed by atoms with E-state index in [2.05, 4.69) is 0 Å².